The van der Waals surface area contributed by atoms with E-state index in [4.69, 9.17) is 11.5 Å². The van der Waals surface area contributed by atoms with Gasteiger partial charge in [-0.1, -0.05) is 78.9 Å². The second-order valence-electron chi connectivity index (χ2n) is 6.55. The summed E-state index contributed by atoms with van der Waals surface area (Å²) in [5, 5.41) is 1.23. The lowest BCUT2D eigenvalue weighted by Gasteiger charge is -2.15. The molecule has 136 valence electrons. The van der Waals surface area contributed by atoms with Gasteiger partial charge in [0, 0.05) is 22.1 Å². The number of hydrogen-bond donors (Lipinski definition) is 2. The molecule has 0 spiro atoms. The molecule has 0 aliphatic rings. The SMILES string of the molecule is Nc1cc2cccc(C(=O)c3ccccc3)c2c(C(=O)c2ccccc2)c1N. The molecule has 0 aromatic heterocycles. The predicted octanol–water partition coefficient (Wildman–Crippen LogP) is 4.47. The quantitative estimate of drug-likeness (QED) is 0.412. The summed E-state index contributed by atoms with van der Waals surface area (Å²) in [5.74, 6) is -0.429. The van der Waals surface area contributed by atoms with E-state index in [1.807, 2.05) is 18.2 Å². The van der Waals surface area contributed by atoms with Crippen molar-refractivity contribution in [3.8, 4) is 0 Å². The number of hydrogen-bond acceptors (Lipinski definition) is 4. The Morgan fingerprint density at radius 3 is 1.82 bits per heavy atom. The molecule has 0 aliphatic heterocycles. The van der Waals surface area contributed by atoms with E-state index < -0.39 is 0 Å². The van der Waals surface area contributed by atoms with Crippen LogP contribution in [0.1, 0.15) is 31.8 Å². The Balaban J connectivity index is 2.02. The van der Waals surface area contributed by atoms with E-state index in [1.165, 1.54) is 0 Å². The number of carbonyl (C=O) groups is 2. The van der Waals surface area contributed by atoms with Crippen molar-refractivity contribution in [3.05, 3.63) is 107 Å². The molecule has 0 aliphatic carbocycles. The smallest absolute Gasteiger partial charge is 0.195 e. The zero-order valence-corrected chi connectivity index (χ0v) is 15.1. The Labute approximate surface area is 162 Å². The molecule has 0 amide bonds. The molecule has 0 atom stereocenters. The minimum Gasteiger partial charge on any atom is -0.397 e. The number of benzene rings is 4. The summed E-state index contributed by atoms with van der Waals surface area (Å²) in [7, 11) is 0. The zero-order valence-electron chi connectivity index (χ0n) is 15.1. The lowest BCUT2D eigenvalue weighted by Crippen LogP contribution is -2.12. The summed E-state index contributed by atoms with van der Waals surface area (Å²) in [6.45, 7) is 0. The van der Waals surface area contributed by atoms with Crippen LogP contribution >= 0.6 is 0 Å². The first-order valence-corrected chi connectivity index (χ1v) is 8.88. The second kappa shape index (κ2) is 7.00. The first-order chi connectivity index (χ1) is 13.6. The van der Waals surface area contributed by atoms with Crippen LogP contribution < -0.4 is 11.5 Å². The monoisotopic (exact) mass is 366 g/mol. The van der Waals surface area contributed by atoms with Gasteiger partial charge in [0.25, 0.3) is 0 Å². The second-order valence-corrected chi connectivity index (χ2v) is 6.55. The third-order valence-electron chi connectivity index (χ3n) is 4.78. The van der Waals surface area contributed by atoms with Gasteiger partial charge in [0.15, 0.2) is 11.6 Å². The molecule has 0 bridgehead atoms. The van der Waals surface area contributed by atoms with E-state index in [0.29, 0.717) is 33.2 Å². The predicted molar refractivity (Wildman–Crippen MR) is 113 cm³/mol. The Hall–Kier alpha value is -3.92. The van der Waals surface area contributed by atoms with E-state index in [1.54, 1.807) is 66.7 Å². The zero-order chi connectivity index (χ0) is 19.7. The lowest BCUT2D eigenvalue weighted by molar-refractivity contribution is 0.103. The van der Waals surface area contributed by atoms with Gasteiger partial charge in [0.05, 0.1) is 16.9 Å². The van der Waals surface area contributed by atoms with Crippen molar-refractivity contribution in [2.75, 3.05) is 11.5 Å². The number of fused-ring (bicyclic) bond motifs is 1. The highest BCUT2D eigenvalue weighted by Crippen LogP contribution is 2.34. The van der Waals surface area contributed by atoms with Gasteiger partial charge in [-0.15, -0.1) is 0 Å². The van der Waals surface area contributed by atoms with Gasteiger partial charge >= 0.3 is 0 Å². The molecule has 4 aromatic carbocycles. The maximum absolute atomic E-state index is 13.3. The summed E-state index contributed by atoms with van der Waals surface area (Å²) < 4.78 is 0. The first kappa shape index (κ1) is 17.5. The topological polar surface area (TPSA) is 86.2 Å². The molecular formula is C24H18N2O2. The normalized spacial score (nSPS) is 10.7. The van der Waals surface area contributed by atoms with Gasteiger partial charge in [-0.2, -0.15) is 0 Å². The Morgan fingerprint density at radius 2 is 1.21 bits per heavy atom. The highest BCUT2D eigenvalue weighted by atomic mass is 16.1. The summed E-state index contributed by atoms with van der Waals surface area (Å²) in [5.41, 5.74) is 14.5. The third-order valence-corrected chi connectivity index (χ3v) is 4.78. The van der Waals surface area contributed by atoms with Crippen LogP contribution in [0.5, 0.6) is 0 Å². The molecule has 4 rings (SSSR count). The number of rotatable bonds is 4. The molecule has 0 saturated carbocycles. The number of anilines is 2. The standard InChI is InChI=1S/C24H18N2O2/c25-19-14-17-12-7-13-18(23(27)15-8-3-1-4-9-15)20(17)21(22(19)26)24(28)16-10-5-2-6-11-16/h1-14H,25-26H2. The Morgan fingerprint density at radius 1 is 0.643 bits per heavy atom. The van der Waals surface area contributed by atoms with E-state index in [0.717, 1.165) is 0 Å². The fourth-order valence-corrected chi connectivity index (χ4v) is 3.40. The van der Waals surface area contributed by atoms with Crippen LogP contribution in [0, 0.1) is 0 Å². The average Bonchev–Trinajstić information content (AvgIpc) is 2.74. The van der Waals surface area contributed by atoms with Crippen LogP contribution in [0.3, 0.4) is 0 Å². The van der Waals surface area contributed by atoms with E-state index in [-0.39, 0.29) is 22.8 Å². The third kappa shape index (κ3) is 2.91. The van der Waals surface area contributed by atoms with Gasteiger partial charge < -0.3 is 11.5 Å². The first-order valence-electron chi connectivity index (χ1n) is 8.88. The number of nitrogens with two attached hydrogens (primary N) is 2. The fraction of sp³-hybridized carbons (Fsp3) is 0. The Kier molecular flexibility index (Phi) is 4.38. The van der Waals surface area contributed by atoms with Gasteiger partial charge in [-0.25, -0.2) is 0 Å². The molecule has 4 heteroatoms. The van der Waals surface area contributed by atoms with Crippen LogP contribution in [-0.4, -0.2) is 11.6 Å². The highest BCUT2D eigenvalue weighted by Gasteiger charge is 2.23. The van der Waals surface area contributed by atoms with E-state index in [9.17, 15) is 9.59 Å². The molecular weight excluding hydrogens is 348 g/mol. The van der Waals surface area contributed by atoms with E-state index >= 15 is 0 Å². The molecule has 0 unspecified atom stereocenters. The van der Waals surface area contributed by atoms with Crippen molar-refractivity contribution >= 4 is 33.7 Å². The van der Waals surface area contributed by atoms with Crippen LogP contribution in [0.2, 0.25) is 0 Å². The molecule has 0 heterocycles. The molecule has 4 N–H and O–H groups in total. The number of nitrogen functional groups attached to an aromatic ring is 2. The molecule has 0 radical (unpaired) electrons. The fourth-order valence-electron chi connectivity index (χ4n) is 3.40. The van der Waals surface area contributed by atoms with E-state index in [2.05, 4.69) is 0 Å². The molecule has 4 aromatic rings. The van der Waals surface area contributed by atoms with Gasteiger partial charge in [0.1, 0.15) is 0 Å². The van der Waals surface area contributed by atoms with Gasteiger partial charge in [-0.05, 0) is 11.5 Å². The minimum absolute atomic E-state index is 0.169. The van der Waals surface area contributed by atoms with Crippen molar-refractivity contribution < 1.29 is 9.59 Å². The van der Waals surface area contributed by atoms with Crippen molar-refractivity contribution in [3.63, 3.8) is 0 Å². The maximum atomic E-state index is 13.3. The summed E-state index contributed by atoms with van der Waals surface area (Å²) in [4.78, 5) is 26.5. The van der Waals surface area contributed by atoms with Gasteiger partial charge in [0.2, 0.25) is 0 Å². The van der Waals surface area contributed by atoms with Crippen molar-refractivity contribution in [1.29, 1.82) is 0 Å². The largest absolute Gasteiger partial charge is 0.397 e. The minimum atomic E-state index is -0.260. The summed E-state index contributed by atoms with van der Waals surface area (Å²) in [6.07, 6.45) is 0. The molecule has 28 heavy (non-hydrogen) atoms. The van der Waals surface area contributed by atoms with Gasteiger partial charge in [-0.3, -0.25) is 9.59 Å². The van der Waals surface area contributed by atoms with Crippen LogP contribution in [0.15, 0.2) is 84.9 Å². The lowest BCUT2D eigenvalue weighted by atomic mass is 9.89. The van der Waals surface area contributed by atoms with Crippen LogP contribution in [-0.2, 0) is 0 Å². The summed E-state index contributed by atoms with van der Waals surface area (Å²) >= 11 is 0. The Bertz CT molecular complexity index is 1200. The average molecular weight is 366 g/mol. The van der Waals surface area contributed by atoms with Crippen LogP contribution in [0.25, 0.3) is 10.8 Å². The van der Waals surface area contributed by atoms with Crippen LogP contribution in [0.4, 0.5) is 11.4 Å². The summed E-state index contributed by atoms with van der Waals surface area (Å²) in [6, 6.07) is 24.8. The van der Waals surface area contributed by atoms with Crippen molar-refractivity contribution in [1.82, 2.24) is 0 Å². The number of ketones is 2. The molecule has 0 saturated heterocycles. The molecule has 4 nitrogen and oxygen atoms in total. The van der Waals surface area contributed by atoms with Crippen molar-refractivity contribution in [2.24, 2.45) is 0 Å². The molecule has 0 fully saturated rings. The maximum Gasteiger partial charge on any atom is 0.195 e. The highest BCUT2D eigenvalue weighted by molar-refractivity contribution is 6.27. The number of carbonyl (C=O) groups excluding carboxylic acids is 2. The van der Waals surface area contributed by atoms with Crippen molar-refractivity contribution in [2.45, 2.75) is 0 Å².